The van der Waals surface area contributed by atoms with Crippen molar-refractivity contribution < 1.29 is 9.53 Å². The molecule has 0 bridgehead atoms. The summed E-state index contributed by atoms with van der Waals surface area (Å²) in [4.78, 5) is 16.4. The lowest BCUT2D eigenvalue weighted by molar-refractivity contribution is 0.0601. The number of benzene rings is 2. The van der Waals surface area contributed by atoms with Crippen LogP contribution in [0.15, 0.2) is 12.1 Å². The molecule has 0 atom stereocenters. The summed E-state index contributed by atoms with van der Waals surface area (Å²) >= 11 is 12.7. The first kappa shape index (κ1) is 21.6. The third kappa shape index (κ3) is 3.31. The average molecular weight is 449 g/mol. The zero-order valence-electron chi connectivity index (χ0n) is 16.1. The van der Waals surface area contributed by atoms with E-state index >= 15 is 0 Å². The van der Waals surface area contributed by atoms with Crippen molar-refractivity contribution in [3.63, 3.8) is 0 Å². The molecule has 2 aromatic carbocycles. The summed E-state index contributed by atoms with van der Waals surface area (Å²) < 4.78 is 6.26. The molecule has 150 valence electrons. The molecule has 8 nitrogen and oxygen atoms in total. The number of aryl methyl sites for hydroxylation is 1. The predicted octanol–water partition coefficient (Wildman–Crippen LogP) is 3.74. The van der Waals surface area contributed by atoms with Gasteiger partial charge in [-0.2, -0.15) is 21.0 Å². The Morgan fingerprint density at radius 1 is 1.03 bits per heavy atom. The van der Waals surface area contributed by atoms with E-state index in [0.29, 0.717) is 11.4 Å². The molecule has 0 fully saturated rings. The van der Waals surface area contributed by atoms with E-state index < -0.39 is 5.97 Å². The highest BCUT2D eigenvalue weighted by Crippen LogP contribution is 2.34. The summed E-state index contributed by atoms with van der Waals surface area (Å²) in [5.74, 6) is -0.281. The summed E-state index contributed by atoms with van der Waals surface area (Å²) in [5, 5.41) is 38.5. The maximum Gasteiger partial charge on any atom is 0.339 e. The molecule has 31 heavy (non-hydrogen) atoms. The number of carbonyl (C=O) groups excluding carboxylic acids is 1. The summed E-state index contributed by atoms with van der Waals surface area (Å²) in [6.07, 6.45) is 0.0488. The molecule has 0 aliphatic rings. The van der Waals surface area contributed by atoms with Crippen LogP contribution in [-0.2, 0) is 18.2 Å². The molecule has 3 rings (SSSR count). The van der Waals surface area contributed by atoms with Crippen molar-refractivity contribution in [2.75, 3.05) is 7.11 Å². The van der Waals surface area contributed by atoms with E-state index in [1.165, 1.54) is 23.8 Å². The zero-order valence-corrected chi connectivity index (χ0v) is 17.6. The van der Waals surface area contributed by atoms with E-state index in [-0.39, 0.29) is 55.3 Å². The lowest BCUT2D eigenvalue weighted by Gasteiger charge is -2.11. The van der Waals surface area contributed by atoms with Gasteiger partial charge in [0.15, 0.2) is 0 Å². The van der Waals surface area contributed by atoms with Crippen molar-refractivity contribution >= 4 is 40.2 Å². The molecule has 1 aromatic heterocycles. The average Bonchev–Trinajstić information content (AvgIpc) is 3.09. The maximum absolute atomic E-state index is 12.0. The number of hydrogen-bond donors (Lipinski definition) is 0. The number of nitrogens with zero attached hydrogens (tertiary/aromatic N) is 6. The molecule has 1 heterocycles. The molecule has 0 aliphatic heterocycles. The van der Waals surface area contributed by atoms with Crippen LogP contribution in [-0.4, -0.2) is 22.6 Å². The van der Waals surface area contributed by atoms with Gasteiger partial charge in [0.25, 0.3) is 0 Å². The standard InChI is InChI=1S/C21H10Cl2N6O2/c1-29-17(5-11-16(22)4-3-10(18(11)23)21(30)31-2)28-19-14(8-26)12(6-24)13(7-25)15(9-27)20(19)29/h3-4H,5H2,1-2H3. The number of ether oxygens (including phenoxy) is 1. The van der Waals surface area contributed by atoms with Crippen LogP contribution in [0.5, 0.6) is 0 Å². The van der Waals surface area contributed by atoms with Gasteiger partial charge in [-0.3, -0.25) is 0 Å². The minimum absolute atomic E-state index is 0.0488. The van der Waals surface area contributed by atoms with Crippen LogP contribution in [0.2, 0.25) is 10.0 Å². The van der Waals surface area contributed by atoms with E-state index in [4.69, 9.17) is 27.9 Å². The minimum atomic E-state index is -0.635. The largest absolute Gasteiger partial charge is 0.465 e. The molecule has 0 spiro atoms. The lowest BCUT2D eigenvalue weighted by Crippen LogP contribution is -2.06. The maximum atomic E-state index is 12.0. The summed E-state index contributed by atoms with van der Waals surface area (Å²) in [6.45, 7) is 0. The second-order valence-electron chi connectivity index (χ2n) is 6.29. The van der Waals surface area contributed by atoms with Gasteiger partial charge in [0.1, 0.15) is 35.6 Å². The van der Waals surface area contributed by atoms with Crippen LogP contribution in [0.4, 0.5) is 0 Å². The summed E-state index contributed by atoms with van der Waals surface area (Å²) in [7, 11) is 2.83. The van der Waals surface area contributed by atoms with Gasteiger partial charge in [-0.25, -0.2) is 9.78 Å². The molecule has 3 aromatic rings. The van der Waals surface area contributed by atoms with Gasteiger partial charge in [-0.1, -0.05) is 23.2 Å². The molecule has 0 aliphatic carbocycles. The number of nitriles is 4. The normalized spacial score (nSPS) is 10.1. The van der Waals surface area contributed by atoms with Crippen molar-refractivity contribution in [1.29, 1.82) is 21.0 Å². The Hall–Kier alpha value is -4.08. The van der Waals surface area contributed by atoms with Crippen molar-refractivity contribution in [3.05, 3.63) is 61.4 Å². The predicted molar refractivity (Wildman–Crippen MR) is 110 cm³/mol. The number of fused-ring (bicyclic) bond motifs is 1. The molecule has 0 saturated carbocycles. The van der Waals surface area contributed by atoms with Gasteiger partial charge < -0.3 is 9.30 Å². The Morgan fingerprint density at radius 3 is 2.16 bits per heavy atom. The zero-order chi connectivity index (χ0) is 22.9. The molecule has 0 amide bonds. The Balaban J connectivity index is 2.34. The number of methoxy groups -OCH3 is 1. The second-order valence-corrected chi connectivity index (χ2v) is 7.07. The van der Waals surface area contributed by atoms with Gasteiger partial charge >= 0.3 is 5.97 Å². The number of aromatic nitrogens is 2. The number of carbonyl (C=O) groups is 1. The molecule has 0 N–H and O–H groups in total. The highest BCUT2D eigenvalue weighted by molar-refractivity contribution is 6.38. The quantitative estimate of drug-likeness (QED) is 0.555. The van der Waals surface area contributed by atoms with Crippen LogP contribution < -0.4 is 0 Å². The fourth-order valence-electron chi connectivity index (χ4n) is 3.28. The molecule has 0 unspecified atom stereocenters. The first-order valence-corrected chi connectivity index (χ1v) is 9.30. The van der Waals surface area contributed by atoms with Crippen molar-refractivity contribution in [2.45, 2.75) is 6.42 Å². The first-order valence-electron chi connectivity index (χ1n) is 8.55. The second kappa shape index (κ2) is 8.34. The van der Waals surface area contributed by atoms with Crippen molar-refractivity contribution in [1.82, 2.24) is 9.55 Å². The number of hydrogen-bond acceptors (Lipinski definition) is 7. The molecular weight excluding hydrogens is 439 g/mol. The van der Waals surface area contributed by atoms with Crippen LogP contribution in [0.25, 0.3) is 11.0 Å². The molecule has 10 heteroatoms. The highest BCUT2D eigenvalue weighted by Gasteiger charge is 2.26. The van der Waals surface area contributed by atoms with Gasteiger partial charge in [0.2, 0.25) is 0 Å². The summed E-state index contributed by atoms with van der Waals surface area (Å²) in [5.41, 5.74) is 0.309. The Kier molecular flexibility index (Phi) is 5.82. The van der Waals surface area contributed by atoms with E-state index in [2.05, 4.69) is 4.98 Å². The lowest BCUT2D eigenvalue weighted by atomic mass is 9.96. The van der Waals surface area contributed by atoms with Gasteiger partial charge in [0, 0.05) is 18.5 Å². The van der Waals surface area contributed by atoms with Crippen LogP contribution >= 0.6 is 23.2 Å². The first-order chi connectivity index (χ1) is 14.8. The van der Waals surface area contributed by atoms with Crippen molar-refractivity contribution in [3.8, 4) is 24.3 Å². The third-order valence-electron chi connectivity index (χ3n) is 4.78. The number of imidazole rings is 1. The van der Waals surface area contributed by atoms with E-state index in [9.17, 15) is 25.8 Å². The SMILES string of the molecule is COC(=O)c1ccc(Cl)c(Cc2nc3c(C#N)c(C#N)c(C#N)c(C#N)c3n2C)c1Cl. The van der Waals surface area contributed by atoms with Crippen molar-refractivity contribution in [2.24, 2.45) is 7.05 Å². The van der Waals surface area contributed by atoms with E-state index in [0.717, 1.165) is 0 Å². The highest BCUT2D eigenvalue weighted by atomic mass is 35.5. The summed E-state index contributed by atoms with van der Waals surface area (Å²) in [6, 6.07) is 10.4. The number of esters is 1. The Bertz CT molecular complexity index is 1440. The van der Waals surface area contributed by atoms with Crippen LogP contribution in [0.1, 0.15) is 44.0 Å². The Morgan fingerprint density at radius 2 is 1.61 bits per heavy atom. The molecule has 0 radical (unpaired) electrons. The van der Waals surface area contributed by atoms with Gasteiger partial charge in [-0.15, -0.1) is 0 Å². The molecule has 0 saturated heterocycles. The monoisotopic (exact) mass is 448 g/mol. The van der Waals surface area contributed by atoms with Crippen LogP contribution in [0, 0.1) is 45.3 Å². The van der Waals surface area contributed by atoms with E-state index in [1.807, 2.05) is 24.3 Å². The minimum Gasteiger partial charge on any atom is -0.465 e. The topological polar surface area (TPSA) is 139 Å². The fourth-order valence-corrected chi connectivity index (χ4v) is 3.86. The van der Waals surface area contributed by atoms with Crippen LogP contribution in [0.3, 0.4) is 0 Å². The van der Waals surface area contributed by atoms with Gasteiger partial charge in [0.05, 0.1) is 45.5 Å². The Labute approximate surface area is 186 Å². The van der Waals surface area contributed by atoms with E-state index in [1.54, 1.807) is 7.05 Å². The van der Waals surface area contributed by atoms with Gasteiger partial charge in [-0.05, 0) is 17.7 Å². The third-order valence-corrected chi connectivity index (χ3v) is 5.57. The number of rotatable bonds is 3. The molecular formula is C21H10Cl2N6O2. The fraction of sp³-hybridized carbons (Fsp3) is 0.143. The number of halogens is 2. The smallest absolute Gasteiger partial charge is 0.339 e.